The highest BCUT2D eigenvalue weighted by Gasteiger charge is 2.41. The van der Waals surface area contributed by atoms with Gasteiger partial charge in [-0.3, -0.25) is 4.79 Å². The minimum Gasteiger partial charge on any atom is -0.505 e. The summed E-state index contributed by atoms with van der Waals surface area (Å²) in [4.78, 5) is 10.5. The van der Waals surface area contributed by atoms with Gasteiger partial charge in [0.15, 0.2) is 5.75 Å². The molecule has 116 valence electrons. The van der Waals surface area contributed by atoms with Gasteiger partial charge in [-0.05, 0) is 6.07 Å². The van der Waals surface area contributed by atoms with Crippen molar-refractivity contribution < 1.29 is 23.4 Å². The van der Waals surface area contributed by atoms with Crippen LogP contribution >= 0.6 is 46.6 Å². The SMILES string of the molecule is O=C(O)[C@@H]1CSCN1S(=O)(=O)c1cc(Cl)c(Cl)c(Cl)c1O. The van der Waals surface area contributed by atoms with Crippen molar-refractivity contribution in [1.82, 2.24) is 4.31 Å². The maximum absolute atomic E-state index is 12.5. The Labute approximate surface area is 139 Å². The number of hydrogen-bond acceptors (Lipinski definition) is 5. The van der Waals surface area contributed by atoms with Crippen LogP contribution in [0, 0.1) is 0 Å². The lowest BCUT2D eigenvalue weighted by molar-refractivity contribution is -0.140. The minimum absolute atomic E-state index is 0.0450. The summed E-state index contributed by atoms with van der Waals surface area (Å²) in [6, 6.07) is -0.268. The van der Waals surface area contributed by atoms with Crippen molar-refractivity contribution >= 4 is 62.6 Å². The average molecular weight is 393 g/mol. The summed E-state index contributed by atoms with van der Waals surface area (Å²) < 4.78 is 25.8. The summed E-state index contributed by atoms with van der Waals surface area (Å²) in [6.45, 7) is 0. The molecule has 1 heterocycles. The molecule has 1 aliphatic heterocycles. The fraction of sp³-hybridized carbons (Fsp3) is 0.300. The van der Waals surface area contributed by atoms with E-state index in [2.05, 4.69) is 0 Å². The number of aromatic hydroxyl groups is 1. The molecular weight excluding hydrogens is 385 g/mol. The van der Waals surface area contributed by atoms with Crippen molar-refractivity contribution in [1.29, 1.82) is 0 Å². The van der Waals surface area contributed by atoms with Gasteiger partial charge in [0.1, 0.15) is 16.0 Å². The van der Waals surface area contributed by atoms with E-state index in [1.54, 1.807) is 0 Å². The summed E-state index contributed by atoms with van der Waals surface area (Å²) in [7, 11) is -4.27. The summed E-state index contributed by atoms with van der Waals surface area (Å²) in [5, 5.41) is 18.2. The van der Waals surface area contributed by atoms with E-state index in [4.69, 9.17) is 39.9 Å². The van der Waals surface area contributed by atoms with Gasteiger partial charge < -0.3 is 10.2 Å². The zero-order chi connectivity index (χ0) is 15.9. The number of carboxylic acid groups (broad SMARTS) is 1. The predicted octanol–water partition coefficient (Wildman–Crippen LogP) is 2.50. The van der Waals surface area contributed by atoms with E-state index >= 15 is 0 Å². The first-order chi connectivity index (χ1) is 9.67. The first-order valence-electron chi connectivity index (χ1n) is 5.36. The van der Waals surface area contributed by atoms with Gasteiger partial charge >= 0.3 is 5.97 Å². The van der Waals surface area contributed by atoms with Crippen LogP contribution in [0.15, 0.2) is 11.0 Å². The Morgan fingerprint density at radius 1 is 1.33 bits per heavy atom. The Morgan fingerprint density at radius 2 is 1.95 bits per heavy atom. The van der Waals surface area contributed by atoms with Crippen molar-refractivity contribution in [3.05, 3.63) is 21.1 Å². The Morgan fingerprint density at radius 3 is 2.52 bits per heavy atom. The van der Waals surface area contributed by atoms with Gasteiger partial charge in [-0.15, -0.1) is 11.8 Å². The number of carboxylic acids is 1. The Bertz CT molecular complexity index is 709. The maximum Gasteiger partial charge on any atom is 0.322 e. The summed E-state index contributed by atoms with van der Waals surface area (Å²) in [5.41, 5.74) is 0. The zero-order valence-corrected chi connectivity index (χ0v) is 14.0. The third-order valence-corrected chi connectivity index (χ3v) is 7.11. The molecule has 1 aliphatic rings. The third kappa shape index (κ3) is 2.93. The number of benzene rings is 1. The van der Waals surface area contributed by atoms with Gasteiger partial charge in [0.25, 0.3) is 0 Å². The lowest BCUT2D eigenvalue weighted by Gasteiger charge is -2.21. The molecule has 11 heteroatoms. The topological polar surface area (TPSA) is 94.9 Å². The van der Waals surface area contributed by atoms with Crippen molar-refractivity contribution in [2.24, 2.45) is 0 Å². The molecule has 21 heavy (non-hydrogen) atoms. The van der Waals surface area contributed by atoms with Crippen LogP contribution in [0.3, 0.4) is 0 Å². The van der Waals surface area contributed by atoms with Gasteiger partial charge in [0.05, 0.1) is 15.9 Å². The predicted molar refractivity (Wildman–Crippen MR) is 80.9 cm³/mol. The number of rotatable bonds is 3. The van der Waals surface area contributed by atoms with Crippen LogP contribution in [0.5, 0.6) is 5.75 Å². The summed E-state index contributed by atoms with van der Waals surface area (Å²) >= 11 is 18.4. The van der Waals surface area contributed by atoms with Crippen LogP contribution in [0.25, 0.3) is 0 Å². The lowest BCUT2D eigenvalue weighted by atomic mass is 10.3. The first-order valence-corrected chi connectivity index (χ1v) is 9.09. The van der Waals surface area contributed by atoms with E-state index in [9.17, 15) is 18.3 Å². The highest BCUT2D eigenvalue weighted by atomic mass is 35.5. The van der Waals surface area contributed by atoms with Gasteiger partial charge in [-0.2, -0.15) is 4.31 Å². The molecule has 0 saturated carbocycles. The van der Waals surface area contributed by atoms with Crippen LogP contribution in [-0.4, -0.2) is 46.6 Å². The van der Waals surface area contributed by atoms with E-state index in [0.29, 0.717) is 0 Å². The standard InChI is InChI=1S/C10H8Cl3NO5S2/c11-4-1-6(9(15)8(13)7(4)12)21(18,19)14-3-20-2-5(14)10(16)17/h1,5,15H,2-3H2,(H,16,17)/t5-/m0/s1. The second-order valence-corrected chi connectivity index (χ2v) is 8.10. The molecule has 2 N–H and O–H groups in total. The Balaban J connectivity index is 2.58. The fourth-order valence-electron chi connectivity index (χ4n) is 1.75. The van der Waals surface area contributed by atoms with E-state index in [-0.39, 0.29) is 21.7 Å². The number of phenolic OH excluding ortho intramolecular Hbond substituents is 1. The second-order valence-electron chi connectivity index (χ2n) is 4.08. The number of hydrogen-bond donors (Lipinski definition) is 2. The van der Waals surface area contributed by atoms with Gasteiger partial charge in [0.2, 0.25) is 10.0 Å². The number of carbonyl (C=O) groups is 1. The number of phenols is 1. The van der Waals surface area contributed by atoms with Gasteiger partial charge in [-0.1, -0.05) is 34.8 Å². The Hall–Kier alpha value is -0.380. The van der Waals surface area contributed by atoms with Crippen LogP contribution in [-0.2, 0) is 14.8 Å². The van der Waals surface area contributed by atoms with Crippen molar-refractivity contribution in [2.45, 2.75) is 10.9 Å². The molecule has 0 spiro atoms. The third-order valence-electron chi connectivity index (χ3n) is 2.82. The number of halogens is 3. The maximum atomic E-state index is 12.5. The second kappa shape index (κ2) is 6.02. The van der Waals surface area contributed by atoms with E-state index in [1.807, 2.05) is 0 Å². The van der Waals surface area contributed by atoms with Crippen molar-refractivity contribution in [2.75, 3.05) is 11.6 Å². The van der Waals surface area contributed by atoms with Crippen molar-refractivity contribution in [3.8, 4) is 5.75 Å². The van der Waals surface area contributed by atoms with Crippen LogP contribution < -0.4 is 0 Å². The van der Waals surface area contributed by atoms with E-state index in [0.717, 1.165) is 22.1 Å². The van der Waals surface area contributed by atoms with Gasteiger partial charge in [0, 0.05) is 5.75 Å². The zero-order valence-electron chi connectivity index (χ0n) is 10.1. The van der Waals surface area contributed by atoms with Crippen LogP contribution in [0.4, 0.5) is 0 Å². The molecule has 0 aromatic heterocycles. The molecule has 0 amide bonds. The summed E-state index contributed by atoms with van der Waals surface area (Å²) in [6.07, 6.45) is 0. The molecule has 1 atom stereocenters. The van der Waals surface area contributed by atoms with Crippen LogP contribution in [0.1, 0.15) is 0 Å². The lowest BCUT2D eigenvalue weighted by Crippen LogP contribution is -2.41. The highest BCUT2D eigenvalue weighted by Crippen LogP contribution is 2.43. The van der Waals surface area contributed by atoms with E-state index < -0.39 is 37.7 Å². The molecule has 0 bridgehead atoms. The molecule has 0 aliphatic carbocycles. The quantitative estimate of drug-likeness (QED) is 0.768. The van der Waals surface area contributed by atoms with E-state index in [1.165, 1.54) is 0 Å². The molecule has 1 aromatic carbocycles. The largest absolute Gasteiger partial charge is 0.505 e. The van der Waals surface area contributed by atoms with Crippen LogP contribution in [0.2, 0.25) is 15.1 Å². The average Bonchev–Trinajstić information content (AvgIpc) is 2.90. The molecule has 0 unspecified atom stereocenters. The molecular formula is C10H8Cl3NO5S2. The molecule has 1 fully saturated rings. The number of sulfonamides is 1. The molecule has 1 aromatic rings. The van der Waals surface area contributed by atoms with Crippen molar-refractivity contribution in [3.63, 3.8) is 0 Å². The Kier molecular flexibility index (Phi) is 4.87. The smallest absolute Gasteiger partial charge is 0.322 e. The number of aliphatic carboxylic acids is 1. The van der Waals surface area contributed by atoms with Gasteiger partial charge in [-0.25, -0.2) is 8.42 Å². The number of thioether (sulfide) groups is 1. The fourth-order valence-corrected chi connectivity index (χ4v) is 5.72. The molecule has 1 saturated heterocycles. The molecule has 0 radical (unpaired) electrons. The summed E-state index contributed by atoms with van der Waals surface area (Å²) in [5.74, 6) is -1.96. The number of nitrogens with zero attached hydrogens (tertiary/aromatic N) is 1. The minimum atomic E-state index is -4.27. The molecule has 2 rings (SSSR count). The normalized spacial score (nSPS) is 19.9. The monoisotopic (exact) mass is 391 g/mol. The molecule has 6 nitrogen and oxygen atoms in total. The highest BCUT2D eigenvalue weighted by molar-refractivity contribution is 8.00. The first kappa shape index (κ1) is 17.0.